The van der Waals surface area contributed by atoms with E-state index >= 15 is 0 Å². The second-order valence-electron chi connectivity index (χ2n) is 4.98. The molecule has 82 valence electrons. The molecule has 3 heteroatoms. The van der Waals surface area contributed by atoms with Crippen LogP contribution in [0, 0.1) is 17.8 Å². The Kier molecular flexibility index (Phi) is 3.10. The number of rotatable bonds is 3. The number of piperidine rings is 1. The number of aliphatic hydroxyl groups excluding tert-OH is 1. The van der Waals surface area contributed by atoms with Crippen molar-refractivity contribution in [3.8, 4) is 0 Å². The average Bonchev–Trinajstić information content (AvgIpc) is 2.46. The standard InChI is InChI=1S/C11H22N2O/c1-8(4-12)13-5-9-2-3-10(6-13)11(9)7-14/h8-11,14H,2-7,12H2,1H3. The first kappa shape index (κ1) is 10.4. The van der Waals surface area contributed by atoms with E-state index in [0.717, 1.165) is 31.5 Å². The maximum Gasteiger partial charge on any atom is 0.0465 e. The molecule has 1 saturated carbocycles. The Morgan fingerprint density at radius 2 is 1.93 bits per heavy atom. The van der Waals surface area contributed by atoms with Gasteiger partial charge in [0.05, 0.1) is 0 Å². The predicted molar refractivity (Wildman–Crippen MR) is 56.9 cm³/mol. The Morgan fingerprint density at radius 1 is 1.36 bits per heavy atom. The Hall–Kier alpha value is -0.120. The lowest BCUT2D eigenvalue weighted by Crippen LogP contribution is -2.49. The molecule has 1 saturated heterocycles. The maximum absolute atomic E-state index is 9.31. The Morgan fingerprint density at radius 3 is 2.36 bits per heavy atom. The van der Waals surface area contributed by atoms with Crippen LogP contribution in [-0.2, 0) is 0 Å². The number of nitrogens with zero attached hydrogens (tertiary/aromatic N) is 1. The predicted octanol–water partition coefficient (Wildman–Crippen LogP) is 0.284. The van der Waals surface area contributed by atoms with Gasteiger partial charge < -0.3 is 10.8 Å². The molecule has 0 aromatic heterocycles. The van der Waals surface area contributed by atoms with Crippen LogP contribution in [-0.4, -0.2) is 42.3 Å². The quantitative estimate of drug-likeness (QED) is 0.685. The molecule has 3 N–H and O–H groups in total. The van der Waals surface area contributed by atoms with Gasteiger partial charge in [0, 0.05) is 32.3 Å². The fourth-order valence-electron chi connectivity index (χ4n) is 3.18. The average molecular weight is 198 g/mol. The van der Waals surface area contributed by atoms with Crippen LogP contribution in [0.25, 0.3) is 0 Å². The fourth-order valence-corrected chi connectivity index (χ4v) is 3.18. The van der Waals surface area contributed by atoms with Crippen LogP contribution in [0.5, 0.6) is 0 Å². The van der Waals surface area contributed by atoms with E-state index in [1.54, 1.807) is 0 Å². The zero-order valence-corrected chi connectivity index (χ0v) is 9.02. The van der Waals surface area contributed by atoms with Gasteiger partial charge in [-0.05, 0) is 37.5 Å². The number of aliphatic hydroxyl groups is 1. The molecule has 0 aromatic rings. The van der Waals surface area contributed by atoms with Gasteiger partial charge in [-0.1, -0.05) is 0 Å². The van der Waals surface area contributed by atoms with Crippen LogP contribution in [0.15, 0.2) is 0 Å². The van der Waals surface area contributed by atoms with Gasteiger partial charge in [-0.3, -0.25) is 4.90 Å². The fraction of sp³-hybridized carbons (Fsp3) is 1.00. The first-order valence-corrected chi connectivity index (χ1v) is 5.81. The molecule has 14 heavy (non-hydrogen) atoms. The van der Waals surface area contributed by atoms with Crippen molar-refractivity contribution in [1.82, 2.24) is 4.90 Å². The lowest BCUT2D eigenvalue weighted by Gasteiger charge is -2.40. The normalized spacial score (nSPS) is 40.1. The molecule has 2 bridgehead atoms. The van der Waals surface area contributed by atoms with Crippen LogP contribution >= 0.6 is 0 Å². The number of likely N-dealkylation sites (tertiary alicyclic amines) is 1. The van der Waals surface area contributed by atoms with E-state index in [1.807, 2.05) is 0 Å². The summed E-state index contributed by atoms with van der Waals surface area (Å²) in [5.41, 5.74) is 5.69. The molecule has 3 unspecified atom stereocenters. The lowest BCUT2D eigenvalue weighted by molar-refractivity contribution is 0.0480. The molecule has 3 nitrogen and oxygen atoms in total. The molecule has 0 amide bonds. The summed E-state index contributed by atoms with van der Waals surface area (Å²) in [6.45, 7) is 5.66. The Balaban J connectivity index is 1.98. The molecular weight excluding hydrogens is 176 g/mol. The smallest absolute Gasteiger partial charge is 0.0465 e. The summed E-state index contributed by atoms with van der Waals surface area (Å²) in [7, 11) is 0. The summed E-state index contributed by atoms with van der Waals surface area (Å²) in [6.07, 6.45) is 2.62. The number of hydrogen-bond donors (Lipinski definition) is 2. The van der Waals surface area contributed by atoms with Gasteiger partial charge in [0.25, 0.3) is 0 Å². The molecule has 0 radical (unpaired) electrons. The van der Waals surface area contributed by atoms with Gasteiger partial charge in [-0.15, -0.1) is 0 Å². The highest BCUT2D eigenvalue weighted by Crippen LogP contribution is 2.41. The van der Waals surface area contributed by atoms with Gasteiger partial charge in [-0.2, -0.15) is 0 Å². The minimum absolute atomic E-state index is 0.389. The third-order valence-electron chi connectivity index (χ3n) is 4.23. The van der Waals surface area contributed by atoms with Crippen molar-refractivity contribution < 1.29 is 5.11 Å². The van der Waals surface area contributed by atoms with Crippen LogP contribution in [0.2, 0.25) is 0 Å². The van der Waals surface area contributed by atoms with E-state index in [0.29, 0.717) is 18.6 Å². The molecule has 0 spiro atoms. The molecule has 1 aliphatic heterocycles. The monoisotopic (exact) mass is 198 g/mol. The molecule has 2 aliphatic rings. The van der Waals surface area contributed by atoms with E-state index in [9.17, 15) is 5.11 Å². The number of nitrogens with two attached hydrogens (primary N) is 1. The number of hydrogen-bond acceptors (Lipinski definition) is 3. The van der Waals surface area contributed by atoms with Crippen LogP contribution in [0.3, 0.4) is 0 Å². The van der Waals surface area contributed by atoms with Crippen molar-refractivity contribution in [3.05, 3.63) is 0 Å². The summed E-state index contributed by atoms with van der Waals surface area (Å²) < 4.78 is 0. The van der Waals surface area contributed by atoms with Crippen LogP contribution in [0.4, 0.5) is 0 Å². The van der Waals surface area contributed by atoms with Crippen molar-refractivity contribution in [2.45, 2.75) is 25.8 Å². The van der Waals surface area contributed by atoms with Gasteiger partial charge in [-0.25, -0.2) is 0 Å². The molecule has 2 fully saturated rings. The first-order valence-electron chi connectivity index (χ1n) is 5.81. The van der Waals surface area contributed by atoms with Crippen molar-refractivity contribution in [1.29, 1.82) is 0 Å². The van der Waals surface area contributed by atoms with Crippen LogP contribution in [0.1, 0.15) is 19.8 Å². The zero-order chi connectivity index (χ0) is 10.1. The lowest BCUT2D eigenvalue weighted by atomic mass is 9.85. The van der Waals surface area contributed by atoms with Crippen molar-refractivity contribution in [2.24, 2.45) is 23.5 Å². The highest BCUT2D eigenvalue weighted by Gasteiger charge is 2.42. The summed E-state index contributed by atoms with van der Waals surface area (Å²) in [6, 6.07) is 0.512. The first-order chi connectivity index (χ1) is 6.76. The molecule has 1 aliphatic carbocycles. The second-order valence-corrected chi connectivity index (χ2v) is 4.98. The Labute approximate surface area is 86.3 Å². The summed E-state index contributed by atoms with van der Waals surface area (Å²) in [4.78, 5) is 2.51. The largest absolute Gasteiger partial charge is 0.396 e. The van der Waals surface area contributed by atoms with Gasteiger partial charge >= 0.3 is 0 Å². The minimum atomic E-state index is 0.389. The molecular formula is C11H22N2O. The maximum atomic E-state index is 9.31. The SMILES string of the molecule is CC(CN)N1CC2CCC(C1)C2CO. The Bertz CT molecular complexity index is 184. The summed E-state index contributed by atoms with van der Waals surface area (Å²) in [5.74, 6) is 2.04. The van der Waals surface area contributed by atoms with Gasteiger partial charge in [0.2, 0.25) is 0 Å². The summed E-state index contributed by atoms with van der Waals surface area (Å²) in [5, 5.41) is 9.31. The van der Waals surface area contributed by atoms with Crippen molar-refractivity contribution >= 4 is 0 Å². The van der Waals surface area contributed by atoms with Gasteiger partial charge in [0.1, 0.15) is 0 Å². The highest BCUT2D eigenvalue weighted by atomic mass is 16.3. The highest BCUT2D eigenvalue weighted by molar-refractivity contribution is 4.93. The topological polar surface area (TPSA) is 49.5 Å². The van der Waals surface area contributed by atoms with Crippen molar-refractivity contribution in [2.75, 3.05) is 26.2 Å². The van der Waals surface area contributed by atoms with E-state index in [-0.39, 0.29) is 0 Å². The molecule has 0 aromatic carbocycles. The molecule has 2 rings (SSSR count). The zero-order valence-electron chi connectivity index (χ0n) is 9.02. The third kappa shape index (κ3) is 1.69. The third-order valence-corrected chi connectivity index (χ3v) is 4.23. The molecule has 3 atom stereocenters. The number of fused-ring (bicyclic) bond motifs is 2. The van der Waals surface area contributed by atoms with Gasteiger partial charge in [0.15, 0.2) is 0 Å². The van der Waals surface area contributed by atoms with E-state index in [4.69, 9.17) is 5.73 Å². The minimum Gasteiger partial charge on any atom is -0.396 e. The van der Waals surface area contributed by atoms with E-state index in [2.05, 4.69) is 11.8 Å². The van der Waals surface area contributed by atoms with Crippen molar-refractivity contribution in [3.63, 3.8) is 0 Å². The van der Waals surface area contributed by atoms with E-state index in [1.165, 1.54) is 12.8 Å². The van der Waals surface area contributed by atoms with Crippen LogP contribution < -0.4 is 5.73 Å². The molecule has 1 heterocycles. The van der Waals surface area contributed by atoms with E-state index < -0.39 is 0 Å². The summed E-state index contributed by atoms with van der Waals surface area (Å²) >= 11 is 0. The second kappa shape index (κ2) is 4.17.